The number of hydrogen-bond acceptors (Lipinski definition) is 3. The molecule has 0 saturated carbocycles. The molecule has 0 heterocycles. The van der Waals surface area contributed by atoms with Crippen molar-refractivity contribution in [2.75, 3.05) is 32.1 Å². The van der Waals surface area contributed by atoms with Gasteiger partial charge in [0.1, 0.15) is 5.75 Å². The molecular formula is C14H24N2O. The van der Waals surface area contributed by atoms with Gasteiger partial charge in [0, 0.05) is 13.6 Å². The van der Waals surface area contributed by atoms with E-state index in [1.54, 1.807) is 7.11 Å². The molecule has 0 aromatic heterocycles. The fourth-order valence-corrected chi connectivity index (χ4v) is 2.04. The number of anilines is 1. The maximum atomic E-state index is 5.58. The van der Waals surface area contributed by atoms with E-state index in [1.807, 2.05) is 6.07 Å². The van der Waals surface area contributed by atoms with Crippen molar-refractivity contribution in [2.45, 2.75) is 20.3 Å². The molecule has 0 saturated heterocycles. The van der Waals surface area contributed by atoms with Crippen molar-refractivity contribution in [3.8, 4) is 5.75 Å². The van der Waals surface area contributed by atoms with Crippen LogP contribution in [0.3, 0.4) is 0 Å². The topological polar surface area (TPSA) is 38.5 Å². The summed E-state index contributed by atoms with van der Waals surface area (Å²) in [5.41, 5.74) is 7.98. The highest BCUT2D eigenvalue weighted by Crippen LogP contribution is 2.28. The quantitative estimate of drug-likeness (QED) is 0.824. The van der Waals surface area contributed by atoms with Crippen molar-refractivity contribution in [1.29, 1.82) is 0 Å². The first-order valence-corrected chi connectivity index (χ1v) is 6.14. The highest BCUT2D eigenvalue weighted by Gasteiger charge is 2.11. The molecule has 0 bridgehead atoms. The van der Waals surface area contributed by atoms with Crippen LogP contribution in [0.2, 0.25) is 0 Å². The summed E-state index contributed by atoms with van der Waals surface area (Å²) in [5, 5.41) is 0. The summed E-state index contributed by atoms with van der Waals surface area (Å²) >= 11 is 0. The van der Waals surface area contributed by atoms with Crippen LogP contribution in [0, 0.1) is 12.8 Å². The standard InChI is InChI=1S/C14H24N2O/c1-11-5-6-14(17-4)13(9-11)16(3)10-12(2)7-8-15/h5-6,9,12H,7-8,10,15H2,1-4H3. The van der Waals surface area contributed by atoms with Crippen molar-refractivity contribution < 1.29 is 4.74 Å². The summed E-state index contributed by atoms with van der Waals surface area (Å²) in [6.45, 7) is 6.07. The Hall–Kier alpha value is -1.22. The number of ether oxygens (including phenoxy) is 1. The van der Waals surface area contributed by atoms with E-state index in [0.717, 1.165) is 30.9 Å². The average Bonchev–Trinajstić information content (AvgIpc) is 2.29. The minimum atomic E-state index is 0.593. The molecule has 96 valence electrons. The van der Waals surface area contributed by atoms with Crippen LogP contribution in [0.25, 0.3) is 0 Å². The Kier molecular flexibility index (Phi) is 5.29. The maximum Gasteiger partial charge on any atom is 0.142 e. The Balaban J connectivity index is 2.79. The van der Waals surface area contributed by atoms with Crippen LogP contribution in [-0.2, 0) is 0 Å². The van der Waals surface area contributed by atoms with Crippen LogP contribution >= 0.6 is 0 Å². The summed E-state index contributed by atoms with van der Waals surface area (Å²) in [4.78, 5) is 2.24. The van der Waals surface area contributed by atoms with E-state index in [2.05, 4.69) is 37.9 Å². The predicted molar refractivity (Wildman–Crippen MR) is 73.8 cm³/mol. The van der Waals surface area contributed by atoms with Gasteiger partial charge < -0.3 is 15.4 Å². The minimum Gasteiger partial charge on any atom is -0.495 e. The van der Waals surface area contributed by atoms with Crippen LogP contribution < -0.4 is 15.4 Å². The fraction of sp³-hybridized carbons (Fsp3) is 0.571. The summed E-state index contributed by atoms with van der Waals surface area (Å²) in [5.74, 6) is 1.52. The highest BCUT2D eigenvalue weighted by molar-refractivity contribution is 5.59. The molecule has 0 aliphatic heterocycles. The van der Waals surface area contributed by atoms with Gasteiger partial charge in [0.15, 0.2) is 0 Å². The normalized spacial score (nSPS) is 12.3. The second-order valence-electron chi connectivity index (χ2n) is 4.74. The van der Waals surface area contributed by atoms with E-state index >= 15 is 0 Å². The molecular weight excluding hydrogens is 212 g/mol. The SMILES string of the molecule is COc1ccc(C)cc1N(C)CC(C)CCN. The number of nitrogens with two attached hydrogens (primary N) is 1. The molecule has 1 aromatic rings. The number of methoxy groups -OCH3 is 1. The number of nitrogens with zero attached hydrogens (tertiary/aromatic N) is 1. The summed E-state index contributed by atoms with van der Waals surface area (Å²) in [6.07, 6.45) is 1.05. The van der Waals surface area contributed by atoms with Gasteiger partial charge >= 0.3 is 0 Å². The Bertz CT molecular complexity index is 352. The van der Waals surface area contributed by atoms with Gasteiger partial charge in [-0.3, -0.25) is 0 Å². The zero-order valence-electron chi connectivity index (χ0n) is 11.4. The number of benzene rings is 1. The third-order valence-corrected chi connectivity index (χ3v) is 2.99. The molecule has 1 unspecified atom stereocenters. The summed E-state index contributed by atoms with van der Waals surface area (Å²) in [7, 11) is 3.82. The van der Waals surface area contributed by atoms with Gasteiger partial charge in [-0.15, -0.1) is 0 Å². The lowest BCUT2D eigenvalue weighted by atomic mass is 10.1. The lowest BCUT2D eigenvalue weighted by Crippen LogP contribution is -2.25. The Labute approximate surface area is 105 Å². The van der Waals surface area contributed by atoms with Gasteiger partial charge in [-0.05, 0) is 43.5 Å². The Morgan fingerprint density at radius 3 is 2.71 bits per heavy atom. The van der Waals surface area contributed by atoms with Crippen molar-refractivity contribution in [1.82, 2.24) is 0 Å². The summed E-state index contributed by atoms with van der Waals surface area (Å²) < 4.78 is 5.40. The minimum absolute atomic E-state index is 0.593. The fourth-order valence-electron chi connectivity index (χ4n) is 2.04. The maximum absolute atomic E-state index is 5.58. The molecule has 0 aliphatic rings. The first kappa shape index (κ1) is 13.8. The Morgan fingerprint density at radius 1 is 1.41 bits per heavy atom. The zero-order valence-corrected chi connectivity index (χ0v) is 11.4. The zero-order chi connectivity index (χ0) is 12.8. The molecule has 0 radical (unpaired) electrons. The molecule has 0 aliphatic carbocycles. The van der Waals surface area contributed by atoms with Crippen molar-refractivity contribution in [2.24, 2.45) is 11.7 Å². The second kappa shape index (κ2) is 6.50. The second-order valence-corrected chi connectivity index (χ2v) is 4.74. The first-order valence-electron chi connectivity index (χ1n) is 6.14. The molecule has 0 spiro atoms. The van der Waals surface area contributed by atoms with E-state index < -0.39 is 0 Å². The predicted octanol–water partition coefficient (Wildman–Crippen LogP) is 2.42. The van der Waals surface area contributed by atoms with Gasteiger partial charge in [-0.2, -0.15) is 0 Å². The van der Waals surface area contributed by atoms with E-state index in [1.165, 1.54) is 5.56 Å². The van der Waals surface area contributed by atoms with Crippen LogP contribution in [0.5, 0.6) is 5.75 Å². The molecule has 0 fully saturated rings. The molecule has 1 atom stereocenters. The largest absolute Gasteiger partial charge is 0.495 e. The molecule has 3 heteroatoms. The number of hydrogen-bond donors (Lipinski definition) is 1. The third kappa shape index (κ3) is 3.93. The first-order chi connectivity index (χ1) is 8.08. The molecule has 17 heavy (non-hydrogen) atoms. The lowest BCUT2D eigenvalue weighted by molar-refractivity contribution is 0.413. The van der Waals surface area contributed by atoms with Crippen molar-refractivity contribution in [3.63, 3.8) is 0 Å². The van der Waals surface area contributed by atoms with Gasteiger partial charge in [-0.25, -0.2) is 0 Å². The monoisotopic (exact) mass is 236 g/mol. The summed E-state index contributed by atoms with van der Waals surface area (Å²) in [6, 6.07) is 6.25. The number of aryl methyl sites for hydroxylation is 1. The van der Waals surface area contributed by atoms with Gasteiger partial charge in [-0.1, -0.05) is 13.0 Å². The van der Waals surface area contributed by atoms with Gasteiger partial charge in [0.2, 0.25) is 0 Å². The average molecular weight is 236 g/mol. The third-order valence-electron chi connectivity index (χ3n) is 2.99. The highest BCUT2D eigenvalue weighted by atomic mass is 16.5. The molecule has 2 N–H and O–H groups in total. The van der Waals surface area contributed by atoms with Gasteiger partial charge in [0.25, 0.3) is 0 Å². The lowest BCUT2D eigenvalue weighted by Gasteiger charge is -2.25. The van der Waals surface area contributed by atoms with E-state index in [0.29, 0.717) is 5.92 Å². The van der Waals surface area contributed by atoms with E-state index in [-0.39, 0.29) is 0 Å². The van der Waals surface area contributed by atoms with Crippen molar-refractivity contribution >= 4 is 5.69 Å². The van der Waals surface area contributed by atoms with Crippen LogP contribution in [0.15, 0.2) is 18.2 Å². The molecule has 1 rings (SSSR count). The van der Waals surface area contributed by atoms with Crippen LogP contribution in [0.4, 0.5) is 5.69 Å². The molecule has 1 aromatic carbocycles. The van der Waals surface area contributed by atoms with E-state index in [4.69, 9.17) is 10.5 Å². The molecule has 3 nitrogen and oxygen atoms in total. The number of rotatable bonds is 6. The van der Waals surface area contributed by atoms with Gasteiger partial charge in [0.05, 0.1) is 12.8 Å². The smallest absolute Gasteiger partial charge is 0.142 e. The van der Waals surface area contributed by atoms with Crippen LogP contribution in [-0.4, -0.2) is 27.2 Å². The van der Waals surface area contributed by atoms with Crippen LogP contribution in [0.1, 0.15) is 18.9 Å². The van der Waals surface area contributed by atoms with Crippen molar-refractivity contribution in [3.05, 3.63) is 23.8 Å². The van der Waals surface area contributed by atoms with E-state index in [9.17, 15) is 0 Å². The molecule has 0 amide bonds. The Morgan fingerprint density at radius 2 is 2.12 bits per heavy atom.